The van der Waals surface area contributed by atoms with Crippen molar-refractivity contribution in [3.8, 4) is 5.75 Å². The topological polar surface area (TPSA) is 61.5 Å². The summed E-state index contributed by atoms with van der Waals surface area (Å²) in [7, 11) is 0. The first-order valence-corrected chi connectivity index (χ1v) is 6.01. The van der Waals surface area contributed by atoms with Crippen molar-refractivity contribution in [2.75, 3.05) is 31.1 Å². The highest BCUT2D eigenvalue weighted by Gasteiger charge is 2.39. The Balaban J connectivity index is 2.32. The van der Waals surface area contributed by atoms with Gasteiger partial charge in [-0.05, 0) is 6.07 Å². The van der Waals surface area contributed by atoms with Crippen LogP contribution in [0.2, 0.25) is 0 Å². The molecular formula is C12H16F3N3O. The van der Waals surface area contributed by atoms with Crippen molar-refractivity contribution in [1.82, 2.24) is 5.32 Å². The molecule has 0 saturated carbocycles. The molecule has 1 atom stereocenters. The number of piperazine rings is 1. The van der Waals surface area contributed by atoms with E-state index in [0.29, 0.717) is 18.8 Å². The number of phenolic OH excluding ortho intramolecular Hbond substituents is 1. The number of nitrogens with zero attached hydrogens (tertiary/aromatic N) is 1. The third-order valence-electron chi connectivity index (χ3n) is 3.19. The Labute approximate surface area is 109 Å². The van der Waals surface area contributed by atoms with Crippen molar-refractivity contribution >= 4 is 5.69 Å². The molecule has 2 rings (SSSR count). The first-order chi connectivity index (χ1) is 8.91. The molecule has 4 N–H and O–H groups in total. The van der Waals surface area contributed by atoms with Crippen molar-refractivity contribution in [3.05, 3.63) is 23.8 Å². The molecule has 1 saturated heterocycles. The molecule has 0 spiro atoms. The van der Waals surface area contributed by atoms with E-state index in [2.05, 4.69) is 5.32 Å². The number of alkyl halides is 3. The summed E-state index contributed by atoms with van der Waals surface area (Å²) in [5, 5.41) is 13.2. The Morgan fingerprint density at radius 1 is 1.26 bits per heavy atom. The number of phenols is 1. The van der Waals surface area contributed by atoms with E-state index >= 15 is 0 Å². The van der Waals surface area contributed by atoms with Gasteiger partial charge in [0.25, 0.3) is 0 Å². The molecule has 106 valence electrons. The fourth-order valence-corrected chi connectivity index (χ4v) is 2.14. The first kappa shape index (κ1) is 14.0. The number of nitrogens with two attached hydrogens (primary N) is 1. The molecule has 7 heteroatoms. The molecule has 1 aliphatic rings. The van der Waals surface area contributed by atoms with Crippen LogP contribution in [0, 0.1) is 0 Å². The molecule has 0 unspecified atom stereocenters. The number of hydrogen-bond donors (Lipinski definition) is 3. The minimum atomic E-state index is -4.57. The smallest absolute Gasteiger partial charge is 0.407 e. The van der Waals surface area contributed by atoms with E-state index in [9.17, 15) is 18.3 Å². The summed E-state index contributed by atoms with van der Waals surface area (Å²) in [5.41, 5.74) is 5.27. The molecule has 1 fully saturated rings. The predicted molar refractivity (Wildman–Crippen MR) is 66.2 cm³/mol. The van der Waals surface area contributed by atoms with Crippen LogP contribution in [-0.4, -0.2) is 37.5 Å². The Kier molecular flexibility index (Phi) is 3.86. The lowest BCUT2D eigenvalue weighted by Gasteiger charge is -2.31. The number of anilines is 1. The van der Waals surface area contributed by atoms with Crippen LogP contribution >= 0.6 is 0 Å². The van der Waals surface area contributed by atoms with Crippen LogP contribution < -0.4 is 16.0 Å². The van der Waals surface area contributed by atoms with Gasteiger partial charge in [-0.2, -0.15) is 13.2 Å². The summed E-state index contributed by atoms with van der Waals surface area (Å²) in [6, 6.07) is 2.13. The summed E-state index contributed by atoms with van der Waals surface area (Å²) in [4.78, 5) is 1.85. The van der Waals surface area contributed by atoms with Crippen molar-refractivity contribution in [2.45, 2.75) is 12.2 Å². The van der Waals surface area contributed by atoms with Gasteiger partial charge in [-0.25, -0.2) is 0 Å². The highest BCUT2D eigenvalue weighted by atomic mass is 19.4. The lowest BCUT2D eigenvalue weighted by Crippen LogP contribution is -2.43. The zero-order chi connectivity index (χ0) is 14.0. The summed E-state index contributed by atoms with van der Waals surface area (Å²) < 4.78 is 37.9. The maximum atomic E-state index is 12.6. The van der Waals surface area contributed by atoms with Crippen molar-refractivity contribution in [2.24, 2.45) is 5.73 Å². The van der Waals surface area contributed by atoms with E-state index in [1.54, 1.807) is 6.07 Å². The number of para-hydroxylation sites is 1. The second-order valence-corrected chi connectivity index (χ2v) is 4.47. The molecule has 1 aliphatic heterocycles. The number of nitrogens with one attached hydrogen (secondary N) is 1. The van der Waals surface area contributed by atoms with Gasteiger partial charge in [0.15, 0.2) is 0 Å². The lowest BCUT2D eigenvalue weighted by molar-refractivity contribution is -0.149. The summed E-state index contributed by atoms with van der Waals surface area (Å²) in [6.07, 6.45) is -4.57. The number of aromatic hydroxyl groups is 1. The van der Waals surface area contributed by atoms with Crippen molar-refractivity contribution in [1.29, 1.82) is 0 Å². The van der Waals surface area contributed by atoms with Crippen LogP contribution in [0.3, 0.4) is 0 Å². The van der Waals surface area contributed by atoms with Crippen LogP contribution in [0.1, 0.15) is 11.6 Å². The maximum absolute atomic E-state index is 12.6. The largest absolute Gasteiger partial charge is 0.505 e. The SMILES string of the molecule is N[C@H](c1cccc(N2CCNCC2)c1O)C(F)(F)F. The van der Waals surface area contributed by atoms with Gasteiger partial charge < -0.3 is 21.1 Å². The predicted octanol–water partition coefficient (Wildman–Crippen LogP) is 1.36. The van der Waals surface area contributed by atoms with E-state index in [4.69, 9.17) is 5.73 Å². The Morgan fingerprint density at radius 2 is 1.89 bits per heavy atom. The van der Waals surface area contributed by atoms with E-state index in [-0.39, 0.29) is 11.3 Å². The van der Waals surface area contributed by atoms with Gasteiger partial charge in [-0.1, -0.05) is 12.1 Å². The van der Waals surface area contributed by atoms with Crippen LogP contribution in [0.4, 0.5) is 18.9 Å². The normalized spacial score (nSPS) is 18.4. The van der Waals surface area contributed by atoms with Gasteiger partial charge in [0.2, 0.25) is 0 Å². The van der Waals surface area contributed by atoms with Gasteiger partial charge >= 0.3 is 6.18 Å². The zero-order valence-electron chi connectivity index (χ0n) is 10.2. The van der Waals surface area contributed by atoms with E-state index in [1.807, 2.05) is 4.90 Å². The number of rotatable bonds is 2. The quantitative estimate of drug-likeness (QED) is 0.763. The van der Waals surface area contributed by atoms with Gasteiger partial charge in [-0.3, -0.25) is 0 Å². The summed E-state index contributed by atoms with van der Waals surface area (Å²) in [5.74, 6) is -0.380. The maximum Gasteiger partial charge on any atom is 0.407 e. The molecule has 1 aromatic rings. The highest BCUT2D eigenvalue weighted by Crippen LogP contribution is 2.39. The van der Waals surface area contributed by atoms with Crippen LogP contribution in [0.15, 0.2) is 18.2 Å². The number of benzene rings is 1. The highest BCUT2D eigenvalue weighted by molar-refractivity contribution is 5.62. The minimum Gasteiger partial charge on any atom is -0.505 e. The molecule has 0 bridgehead atoms. The molecule has 0 amide bonds. The van der Waals surface area contributed by atoms with Crippen LogP contribution in [-0.2, 0) is 0 Å². The molecule has 0 aromatic heterocycles. The average Bonchev–Trinajstić information content (AvgIpc) is 2.38. The number of hydrogen-bond acceptors (Lipinski definition) is 4. The summed E-state index contributed by atoms with van der Waals surface area (Å²) >= 11 is 0. The van der Waals surface area contributed by atoms with Gasteiger partial charge in [-0.15, -0.1) is 0 Å². The van der Waals surface area contributed by atoms with Gasteiger partial charge in [0.1, 0.15) is 11.8 Å². The third kappa shape index (κ3) is 2.93. The molecule has 4 nitrogen and oxygen atoms in total. The van der Waals surface area contributed by atoms with E-state index in [0.717, 1.165) is 13.1 Å². The van der Waals surface area contributed by atoms with Crippen molar-refractivity contribution < 1.29 is 18.3 Å². The van der Waals surface area contributed by atoms with Crippen molar-refractivity contribution in [3.63, 3.8) is 0 Å². The van der Waals surface area contributed by atoms with E-state index < -0.39 is 12.2 Å². The van der Waals surface area contributed by atoms with Crippen LogP contribution in [0.5, 0.6) is 5.75 Å². The van der Waals surface area contributed by atoms with Crippen LogP contribution in [0.25, 0.3) is 0 Å². The second kappa shape index (κ2) is 5.26. The van der Waals surface area contributed by atoms with Gasteiger partial charge in [0.05, 0.1) is 5.69 Å². The Morgan fingerprint density at radius 3 is 2.47 bits per heavy atom. The number of halogens is 3. The van der Waals surface area contributed by atoms with Gasteiger partial charge in [0, 0.05) is 31.7 Å². The monoisotopic (exact) mass is 275 g/mol. The minimum absolute atomic E-state index is 0.288. The lowest BCUT2D eigenvalue weighted by atomic mass is 10.0. The Hall–Kier alpha value is -1.47. The van der Waals surface area contributed by atoms with E-state index in [1.165, 1.54) is 12.1 Å². The molecule has 1 heterocycles. The summed E-state index contributed by atoms with van der Waals surface area (Å²) in [6.45, 7) is 2.74. The third-order valence-corrected chi connectivity index (χ3v) is 3.19. The fourth-order valence-electron chi connectivity index (χ4n) is 2.14. The Bertz CT molecular complexity index is 444. The molecule has 19 heavy (non-hydrogen) atoms. The standard InChI is InChI=1S/C12H16F3N3O/c13-12(14,15)11(16)8-2-1-3-9(10(8)19)18-6-4-17-5-7-18/h1-3,11,17,19H,4-7,16H2/t11-/m1/s1. The second-order valence-electron chi connectivity index (χ2n) is 4.47. The average molecular weight is 275 g/mol. The molecule has 0 radical (unpaired) electrons. The molecule has 0 aliphatic carbocycles. The molecular weight excluding hydrogens is 259 g/mol. The fraction of sp³-hybridized carbons (Fsp3) is 0.500. The zero-order valence-corrected chi connectivity index (χ0v) is 10.2. The first-order valence-electron chi connectivity index (χ1n) is 6.01. The molecule has 1 aromatic carbocycles.